The lowest BCUT2D eigenvalue weighted by molar-refractivity contribution is 0.119. The lowest BCUT2D eigenvalue weighted by Gasteiger charge is -2.42. The number of nitrogens with zero attached hydrogens (tertiary/aromatic N) is 2. The maximum Gasteiger partial charge on any atom is 0.0976 e. The second-order valence-electron chi connectivity index (χ2n) is 11.1. The summed E-state index contributed by atoms with van der Waals surface area (Å²) in [4.78, 5) is 7.50. The lowest BCUT2D eigenvalue weighted by Crippen LogP contribution is -2.46. The van der Waals surface area contributed by atoms with Gasteiger partial charge in [0.1, 0.15) is 0 Å². The highest BCUT2D eigenvalue weighted by molar-refractivity contribution is 7.10. The van der Waals surface area contributed by atoms with Gasteiger partial charge in [0.05, 0.1) is 16.8 Å². The summed E-state index contributed by atoms with van der Waals surface area (Å²) in [5.74, 6) is 0.460. The van der Waals surface area contributed by atoms with E-state index in [-0.39, 0.29) is 16.9 Å². The van der Waals surface area contributed by atoms with Crippen molar-refractivity contribution >= 4 is 11.3 Å². The van der Waals surface area contributed by atoms with Crippen LogP contribution in [0.4, 0.5) is 0 Å². The van der Waals surface area contributed by atoms with Crippen LogP contribution in [0, 0.1) is 0 Å². The summed E-state index contributed by atoms with van der Waals surface area (Å²) in [7, 11) is 0. The number of nitrogens with two attached hydrogens (primary N) is 1. The van der Waals surface area contributed by atoms with Gasteiger partial charge in [-0.2, -0.15) is 0 Å². The molecule has 1 aromatic carbocycles. The maximum absolute atomic E-state index is 9.76. The molecule has 0 radical (unpaired) electrons. The first-order chi connectivity index (χ1) is 14.6. The number of rotatable bonds is 5. The zero-order valence-electron chi connectivity index (χ0n) is 19.8. The Morgan fingerprint density at radius 2 is 1.90 bits per heavy atom. The summed E-state index contributed by atoms with van der Waals surface area (Å²) < 4.78 is 0. The smallest absolute Gasteiger partial charge is 0.0976 e. The van der Waals surface area contributed by atoms with Crippen LogP contribution in [0.1, 0.15) is 82.4 Å². The Balaban J connectivity index is 1.54. The van der Waals surface area contributed by atoms with Crippen molar-refractivity contribution in [2.24, 2.45) is 5.73 Å². The Kier molecular flexibility index (Phi) is 6.34. The molecular weight excluding hydrogens is 402 g/mol. The molecule has 1 aliphatic heterocycles. The molecule has 5 heteroatoms. The van der Waals surface area contributed by atoms with Crippen molar-refractivity contribution in [2.75, 3.05) is 19.6 Å². The van der Waals surface area contributed by atoms with Gasteiger partial charge in [0, 0.05) is 36.0 Å². The van der Waals surface area contributed by atoms with Gasteiger partial charge in [0.2, 0.25) is 0 Å². The molecule has 2 aromatic rings. The van der Waals surface area contributed by atoms with Crippen LogP contribution < -0.4 is 5.73 Å². The Morgan fingerprint density at radius 3 is 2.61 bits per heavy atom. The van der Waals surface area contributed by atoms with Crippen molar-refractivity contribution in [3.63, 3.8) is 0 Å². The van der Waals surface area contributed by atoms with Gasteiger partial charge in [-0.1, -0.05) is 39.8 Å². The predicted molar refractivity (Wildman–Crippen MR) is 131 cm³/mol. The Hall–Kier alpha value is -1.27. The molecule has 3 atom stereocenters. The molecule has 31 heavy (non-hydrogen) atoms. The van der Waals surface area contributed by atoms with Gasteiger partial charge in [-0.3, -0.25) is 0 Å². The molecule has 1 aromatic heterocycles. The highest BCUT2D eigenvalue weighted by Crippen LogP contribution is 2.47. The molecule has 2 heterocycles. The molecule has 0 spiro atoms. The molecule has 1 unspecified atom stereocenters. The van der Waals surface area contributed by atoms with Crippen molar-refractivity contribution in [2.45, 2.75) is 89.2 Å². The Labute approximate surface area is 191 Å². The second-order valence-corrected chi connectivity index (χ2v) is 12.0. The van der Waals surface area contributed by atoms with Crippen molar-refractivity contribution < 1.29 is 5.11 Å². The molecule has 4 rings (SSSR count). The third kappa shape index (κ3) is 4.75. The van der Waals surface area contributed by atoms with E-state index in [1.165, 1.54) is 41.0 Å². The van der Waals surface area contributed by atoms with Gasteiger partial charge in [-0.15, -0.1) is 11.3 Å². The molecule has 0 bridgehead atoms. The average Bonchev–Trinajstić information content (AvgIpc) is 3.22. The Bertz CT molecular complexity index is 917. The number of thiazole rings is 1. The minimum Gasteiger partial charge on any atom is -0.392 e. The zero-order chi connectivity index (χ0) is 22.4. The molecule has 4 nitrogen and oxygen atoms in total. The van der Waals surface area contributed by atoms with E-state index in [1.54, 1.807) is 18.3 Å². The fourth-order valence-electron chi connectivity index (χ4n) is 5.23. The molecule has 1 aliphatic carbocycles. The third-order valence-corrected chi connectivity index (χ3v) is 8.62. The number of aliphatic hydroxyl groups is 1. The number of fused-ring (bicyclic) bond motifs is 1. The molecule has 0 amide bonds. The maximum atomic E-state index is 9.76. The zero-order valence-corrected chi connectivity index (χ0v) is 20.6. The van der Waals surface area contributed by atoms with Crippen LogP contribution in [0.25, 0.3) is 11.3 Å². The van der Waals surface area contributed by atoms with Gasteiger partial charge in [0.25, 0.3) is 0 Å². The number of hydrogen-bond donors (Lipinski definition) is 2. The Morgan fingerprint density at radius 1 is 1.19 bits per heavy atom. The lowest BCUT2D eigenvalue weighted by atomic mass is 9.63. The van der Waals surface area contributed by atoms with Crippen LogP contribution in [0.5, 0.6) is 0 Å². The van der Waals surface area contributed by atoms with E-state index < -0.39 is 6.10 Å². The number of benzene rings is 1. The van der Waals surface area contributed by atoms with Gasteiger partial charge in [-0.05, 0) is 67.2 Å². The summed E-state index contributed by atoms with van der Waals surface area (Å²) in [5, 5.41) is 13.2. The monoisotopic (exact) mass is 441 g/mol. The van der Waals surface area contributed by atoms with E-state index >= 15 is 0 Å². The number of aliphatic hydroxyl groups excluding tert-OH is 1. The first-order valence-corrected chi connectivity index (χ1v) is 12.7. The number of likely N-dealkylation sites (tertiary alicyclic amines) is 1. The van der Waals surface area contributed by atoms with E-state index in [9.17, 15) is 5.11 Å². The van der Waals surface area contributed by atoms with Crippen LogP contribution in [0.3, 0.4) is 0 Å². The topological polar surface area (TPSA) is 62.4 Å². The predicted octanol–water partition coefficient (Wildman–Crippen LogP) is 5.05. The molecule has 170 valence electrons. The normalized spacial score (nSPS) is 25.1. The van der Waals surface area contributed by atoms with Gasteiger partial charge >= 0.3 is 0 Å². The second kappa shape index (κ2) is 8.58. The fraction of sp³-hybridized carbons (Fsp3) is 0.654. The van der Waals surface area contributed by atoms with Crippen molar-refractivity contribution in [3.8, 4) is 11.3 Å². The van der Waals surface area contributed by atoms with Gasteiger partial charge in [0.15, 0.2) is 0 Å². The molecule has 1 saturated heterocycles. The van der Waals surface area contributed by atoms with Gasteiger partial charge < -0.3 is 15.7 Å². The largest absolute Gasteiger partial charge is 0.392 e. The molecular formula is C26H39N3OS. The van der Waals surface area contributed by atoms with Crippen LogP contribution in [-0.2, 0) is 10.8 Å². The quantitative estimate of drug-likeness (QED) is 0.682. The number of piperidine rings is 1. The number of hydrogen-bond acceptors (Lipinski definition) is 5. The average molecular weight is 442 g/mol. The fourth-order valence-corrected chi connectivity index (χ4v) is 6.19. The van der Waals surface area contributed by atoms with E-state index in [4.69, 9.17) is 10.7 Å². The van der Waals surface area contributed by atoms with E-state index in [1.807, 2.05) is 0 Å². The SMILES string of the molecule is C[C@@H](O)[C@H](N)CN1CCCC(c2nc(-c3ccc4c(c3)C(C)(C)CCC4(C)C)cs2)C1. The standard InChI is InChI=1S/C26H39N3OS/c1-17(30)22(27)15-29-12-6-7-19(14-29)24-28-23(16-31-24)18-8-9-20-21(13-18)26(4,5)11-10-25(20,2)3/h8-9,13,16-17,19,22,30H,6-7,10-12,14-15,27H2,1-5H3/t17-,19?,22-/m1/s1. The molecule has 2 aliphatic rings. The van der Waals surface area contributed by atoms with Crippen LogP contribution >= 0.6 is 11.3 Å². The van der Waals surface area contributed by atoms with E-state index in [0.717, 1.165) is 31.7 Å². The minimum absolute atomic E-state index is 0.186. The number of aromatic nitrogens is 1. The molecule has 0 saturated carbocycles. The summed E-state index contributed by atoms with van der Waals surface area (Å²) in [6, 6.07) is 6.85. The van der Waals surface area contributed by atoms with E-state index in [0.29, 0.717) is 5.92 Å². The summed E-state index contributed by atoms with van der Waals surface area (Å²) in [6.07, 6.45) is 4.34. The van der Waals surface area contributed by atoms with Crippen LogP contribution in [0.15, 0.2) is 23.6 Å². The van der Waals surface area contributed by atoms with Crippen molar-refractivity contribution in [3.05, 3.63) is 39.7 Å². The molecule has 1 fully saturated rings. The van der Waals surface area contributed by atoms with Crippen LogP contribution in [0.2, 0.25) is 0 Å². The highest BCUT2D eigenvalue weighted by atomic mass is 32.1. The van der Waals surface area contributed by atoms with Gasteiger partial charge in [-0.25, -0.2) is 4.98 Å². The first kappa shape index (κ1) is 22.9. The summed E-state index contributed by atoms with van der Waals surface area (Å²) in [5.41, 5.74) is 11.9. The van der Waals surface area contributed by atoms with E-state index in [2.05, 4.69) is 56.2 Å². The van der Waals surface area contributed by atoms with Crippen molar-refractivity contribution in [1.82, 2.24) is 9.88 Å². The first-order valence-electron chi connectivity index (χ1n) is 11.8. The van der Waals surface area contributed by atoms with Crippen molar-refractivity contribution in [1.29, 1.82) is 0 Å². The minimum atomic E-state index is -0.468. The molecule has 3 N–H and O–H groups in total. The van der Waals surface area contributed by atoms with Crippen LogP contribution in [-0.4, -0.2) is 46.8 Å². The summed E-state index contributed by atoms with van der Waals surface area (Å²) >= 11 is 1.80. The summed E-state index contributed by atoms with van der Waals surface area (Å²) in [6.45, 7) is 14.1. The highest BCUT2D eigenvalue weighted by Gasteiger charge is 2.37. The third-order valence-electron chi connectivity index (χ3n) is 7.61.